The van der Waals surface area contributed by atoms with E-state index in [1.807, 2.05) is 0 Å². The van der Waals surface area contributed by atoms with Crippen LogP contribution in [0.1, 0.15) is 30.7 Å². The van der Waals surface area contributed by atoms with E-state index in [2.05, 4.69) is 28.2 Å². The van der Waals surface area contributed by atoms with Crippen LogP contribution in [0.2, 0.25) is 0 Å². The van der Waals surface area contributed by atoms with Crippen LogP contribution < -0.4 is 5.73 Å². The molecule has 0 radical (unpaired) electrons. The van der Waals surface area contributed by atoms with E-state index < -0.39 is 0 Å². The molecule has 3 N–H and O–H groups in total. The summed E-state index contributed by atoms with van der Waals surface area (Å²) in [5, 5.41) is 7.25. The maximum atomic E-state index is 5.54. The number of nitrogens with one attached hydrogen (secondary N) is 1. The van der Waals surface area contributed by atoms with Crippen LogP contribution in [0.15, 0.2) is 6.07 Å². The quantitative estimate of drug-likeness (QED) is 0.775. The Morgan fingerprint density at radius 1 is 1.60 bits per heavy atom. The van der Waals surface area contributed by atoms with Gasteiger partial charge in [-0.25, -0.2) is 0 Å². The Balaban J connectivity index is 1.95. The molecule has 1 aliphatic rings. The van der Waals surface area contributed by atoms with Gasteiger partial charge < -0.3 is 10.6 Å². The Morgan fingerprint density at radius 3 is 3.13 bits per heavy atom. The summed E-state index contributed by atoms with van der Waals surface area (Å²) in [5.74, 6) is 0. The second-order valence-corrected chi connectivity index (χ2v) is 4.42. The molecular formula is C11H20N4. The summed E-state index contributed by atoms with van der Waals surface area (Å²) in [4.78, 5) is 2.44. The van der Waals surface area contributed by atoms with Crippen molar-refractivity contribution >= 4 is 0 Å². The first kappa shape index (κ1) is 10.6. The zero-order chi connectivity index (χ0) is 10.7. The highest BCUT2D eigenvalue weighted by molar-refractivity contribution is 5.09. The smallest absolute Gasteiger partial charge is 0.0641 e. The minimum Gasteiger partial charge on any atom is -0.325 e. The van der Waals surface area contributed by atoms with Gasteiger partial charge in [-0.1, -0.05) is 6.42 Å². The van der Waals surface area contributed by atoms with Gasteiger partial charge >= 0.3 is 0 Å². The average molecular weight is 208 g/mol. The highest BCUT2D eigenvalue weighted by atomic mass is 15.2. The lowest BCUT2D eigenvalue weighted by Gasteiger charge is -2.31. The Labute approximate surface area is 90.8 Å². The van der Waals surface area contributed by atoms with E-state index in [0.29, 0.717) is 12.6 Å². The molecule has 0 saturated carbocycles. The van der Waals surface area contributed by atoms with Crippen LogP contribution in [-0.2, 0) is 13.0 Å². The molecule has 1 unspecified atom stereocenters. The number of aromatic amines is 1. The van der Waals surface area contributed by atoms with Crippen molar-refractivity contribution in [3.8, 4) is 0 Å². The number of nitrogens with two attached hydrogens (primary N) is 1. The van der Waals surface area contributed by atoms with Crippen molar-refractivity contribution in [1.29, 1.82) is 0 Å². The second-order valence-electron chi connectivity index (χ2n) is 4.42. The molecule has 2 rings (SSSR count). The third kappa shape index (κ3) is 2.58. The summed E-state index contributed by atoms with van der Waals surface area (Å²) >= 11 is 0. The number of hydrogen-bond acceptors (Lipinski definition) is 3. The number of hydrogen-bond donors (Lipinski definition) is 2. The summed E-state index contributed by atoms with van der Waals surface area (Å²) < 4.78 is 0. The summed E-state index contributed by atoms with van der Waals surface area (Å²) in [6.45, 7) is 1.77. The lowest BCUT2D eigenvalue weighted by Crippen LogP contribution is -2.37. The Hall–Kier alpha value is -0.870. The van der Waals surface area contributed by atoms with Crippen molar-refractivity contribution in [3.05, 3.63) is 17.5 Å². The predicted molar refractivity (Wildman–Crippen MR) is 60.5 cm³/mol. The fourth-order valence-corrected chi connectivity index (χ4v) is 2.26. The number of likely N-dealkylation sites (tertiary alicyclic amines) is 1. The third-order valence-corrected chi connectivity index (χ3v) is 3.27. The van der Waals surface area contributed by atoms with E-state index in [4.69, 9.17) is 5.73 Å². The molecule has 1 saturated heterocycles. The summed E-state index contributed by atoms with van der Waals surface area (Å²) in [6.07, 6.45) is 5.03. The molecule has 0 bridgehead atoms. The van der Waals surface area contributed by atoms with E-state index in [1.165, 1.54) is 25.8 Å². The van der Waals surface area contributed by atoms with E-state index in [-0.39, 0.29) is 0 Å². The first-order chi connectivity index (χ1) is 7.29. The number of H-pyrrole nitrogens is 1. The van der Waals surface area contributed by atoms with Gasteiger partial charge in [0.1, 0.15) is 0 Å². The molecule has 0 aliphatic carbocycles. The van der Waals surface area contributed by atoms with Crippen LogP contribution in [0, 0.1) is 0 Å². The maximum absolute atomic E-state index is 5.54. The first-order valence-electron chi connectivity index (χ1n) is 5.73. The predicted octanol–water partition coefficient (Wildman–Crippen LogP) is 0.895. The van der Waals surface area contributed by atoms with Crippen molar-refractivity contribution in [2.75, 3.05) is 13.6 Å². The molecule has 1 atom stereocenters. The van der Waals surface area contributed by atoms with Gasteiger partial charge in [-0.3, -0.25) is 5.10 Å². The fraction of sp³-hybridized carbons (Fsp3) is 0.727. The van der Waals surface area contributed by atoms with Gasteiger partial charge in [0.2, 0.25) is 0 Å². The van der Waals surface area contributed by atoms with E-state index in [1.54, 1.807) is 0 Å². The topological polar surface area (TPSA) is 57.9 Å². The summed E-state index contributed by atoms with van der Waals surface area (Å²) in [6, 6.07) is 2.75. The molecule has 1 aromatic rings. The highest BCUT2D eigenvalue weighted by Gasteiger charge is 2.19. The molecule has 15 heavy (non-hydrogen) atoms. The molecule has 2 heterocycles. The van der Waals surface area contributed by atoms with Gasteiger partial charge in [-0.2, -0.15) is 5.10 Å². The molecule has 1 aliphatic heterocycles. The standard InChI is InChI=1S/C11H20N4/c1-15-5-3-2-4-11(15)7-9-6-10(8-12)14-13-9/h6,11H,2-5,7-8,12H2,1H3,(H,13,14). The number of rotatable bonds is 3. The van der Waals surface area contributed by atoms with Crippen LogP contribution in [-0.4, -0.2) is 34.7 Å². The number of aromatic nitrogens is 2. The zero-order valence-corrected chi connectivity index (χ0v) is 9.37. The molecule has 1 aromatic heterocycles. The lowest BCUT2D eigenvalue weighted by molar-refractivity contribution is 0.183. The van der Waals surface area contributed by atoms with Crippen molar-refractivity contribution in [1.82, 2.24) is 15.1 Å². The molecule has 0 spiro atoms. The first-order valence-corrected chi connectivity index (χ1v) is 5.73. The number of piperidine rings is 1. The van der Waals surface area contributed by atoms with Crippen LogP contribution in [0.25, 0.3) is 0 Å². The van der Waals surface area contributed by atoms with Gasteiger partial charge in [0.05, 0.1) is 5.69 Å². The second kappa shape index (κ2) is 4.77. The molecule has 4 heteroatoms. The van der Waals surface area contributed by atoms with Crippen molar-refractivity contribution in [2.45, 2.75) is 38.3 Å². The summed E-state index contributed by atoms with van der Waals surface area (Å²) in [7, 11) is 2.21. The van der Waals surface area contributed by atoms with E-state index >= 15 is 0 Å². The monoisotopic (exact) mass is 208 g/mol. The van der Waals surface area contributed by atoms with Gasteiger partial charge in [0, 0.05) is 24.7 Å². The van der Waals surface area contributed by atoms with E-state index in [0.717, 1.165) is 17.8 Å². The minimum absolute atomic E-state index is 0.549. The van der Waals surface area contributed by atoms with Gasteiger partial charge in [0.25, 0.3) is 0 Å². The molecule has 0 aromatic carbocycles. The summed E-state index contributed by atoms with van der Waals surface area (Å²) in [5.41, 5.74) is 7.72. The molecule has 1 fully saturated rings. The van der Waals surface area contributed by atoms with Crippen LogP contribution >= 0.6 is 0 Å². The largest absolute Gasteiger partial charge is 0.325 e. The normalized spacial score (nSPS) is 23.2. The zero-order valence-electron chi connectivity index (χ0n) is 9.37. The molecule has 4 nitrogen and oxygen atoms in total. The Morgan fingerprint density at radius 2 is 2.47 bits per heavy atom. The van der Waals surface area contributed by atoms with Crippen LogP contribution in [0.3, 0.4) is 0 Å². The Kier molecular flexibility index (Phi) is 3.38. The van der Waals surface area contributed by atoms with Gasteiger partial charge in [-0.05, 0) is 32.5 Å². The molecule has 0 amide bonds. The third-order valence-electron chi connectivity index (χ3n) is 3.27. The maximum Gasteiger partial charge on any atom is 0.0641 e. The number of likely N-dealkylation sites (N-methyl/N-ethyl adjacent to an activating group) is 1. The van der Waals surface area contributed by atoms with Crippen molar-refractivity contribution in [3.63, 3.8) is 0 Å². The molecular weight excluding hydrogens is 188 g/mol. The lowest BCUT2D eigenvalue weighted by atomic mass is 9.99. The number of nitrogens with zero attached hydrogens (tertiary/aromatic N) is 2. The highest BCUT2D eigenvalue weighted by Crippen LogP contribution is 2.18. The van der Waals surface area contributed by atoms with Gasteiger partial charge in [0.15, 0.2) is 0 Å². The van der Waals surface area contributed by atoms with Crippen LogP contribution in [0.5, 0.6) is 0 Å². The molecule has 84 valence electrons. The minimum atomic E-state index is 0.549. The van der Waals surface area contributed by atoms with Crippen molar-refractivity contribution < 1.29 is 0 Å². The van der Waals surface area contributed by atoms with Crippen molar-refractivity contribution in [2.24, 2.45) is 5.73 Å². The SMILES string of the molecule is CN1CCCCC1Cc1cc(CN)[nH]n1. The van der Waals surface area contributed by atoms with Crippen LogP contribution in [0.4, 0.5) is 0 Å². The van der Waals surface area contributed by atoms with E-state index in [9.17, 15) is 0 Å². The Bertz CT molecular complexity index is 307. The van der Waals surface area contributed by atoms with Gasteiger partial charge in [-0.15, -0.1) is 0 Å². The fourth-order valence-electron chi connectivity index (χ4n) is 2.26. The average Bonchev–Trinajstić information content (AvgIpc) is 2.69.